The molecule has 2 heterocycles. The van der Waals surface area contributed by atoms with Crippen LogP contribution in [0.3, 0.4) is 0 Å². The normalized spacial score (nSPS) is 18.7. The fraction of sp³-hybridized carbons (Fsp3) is 0.412. The Bertz CT molecular complexity index is 1000. The predicted molar refractivity (Wildman–Crippen MR) is 109 cm³/mol. The number of nitrogens with one attached hydrogen (secondary N) is 1. The molecule has 30 heavy (non-hydrogen) atoms. The number of methoxy groups -OCH3 is 2. The number of hydrogen-bond donors (Lipinski definition) is 2. The molecule has 0 saturated carbocycles. The fourth-order valence-corrected chi connectivity index (χ4v) is 4.05. The second-order valence-corrected chi connectivity index (χ2v) is 7.80. The Balaban J connectivity index is 1.68. The summed E-state index contributed by atoms with van der Waals surface area (Å²) >= 11 is 5.75. The number of ether oxygens (including phenoxy) is 2. The average molecular weight is 457 g/mol. The highest BCUT2D eigenvalue weighted by molar-refractivity contribution is 7.42. The van der Waals surface area contributed by atoms with Crippen LogP contribution in [-0.2, 0) is 26.9 Å². The van der Waals surface area contributed by atoms with E-state index >= 15 is 0 Å². The van der Waals surface area contributed by atoms with Gasteiger partial charge in [-0.1, -0.05) is 23.7 Å². The second-order valence-electron chi connectivity index (χ2n) is 6.32. The van der Waals surface area contributed by atoms with E-state index in [2.05, 4.69) is 4.98 Å². The lowest BCUT2D eigenvalue weighted by Gasteiger charge is -2.35. The van der Waals surface area contributed by atoms with Gasteiger partial charge in [-0.05, 0) is 12.5 Å². The molecule has 0 saturated heterocycles. The van der Waals surface area contributed by atoms with E-state index in [0.29, 0.717) is 11.5 Å². The zero-order chi connectivity index (χ0) is 21.9. The van der Waals surface area contributed by atoms with Crippen LogP contribution in [0.2, 0.25) is 5.02 Å². The molecule has 0 aliphatic carbocycles. The summed E-state index contributed by atoms with van der Waals surface area (Å²) in [4.78, 5) is 25.3. The van der Waals surface area contributed by atoms with Crippen LogP contribution in [0.4, 0.5) is 0 Å². The second kappa shape index (κ2) is 9.51. The molecule has 3 atom stereocenters. The molecule has 0 amide bonds. The largest absolute Gasteiger partial charge is 0.493 e. The highest BCUT2D eigenvalue weighted by atomic mass is 35.5. The van der Waals surface area contributed by atoms with E-state index in [-0.39, 0.29) is 24.6 Å². The number of nitrogens with zero attached hydrogens (tertiary/aromatic N) is 1. The first-order valence-electron chi connectivity index (χ1n) is 8.74. The molecule has 3 unspecified atom stereocenters. The molecular formula is C17H19BClN2O8P. The number of rotatable bonds is 8. The standard InChI is InChI=1S/C17H19BClN2O8P/c1-25-12-5-3-4-10-9-27-30(28-14(10)12)29-17(18,24)13(26-2)6-7-21-8-11(19)15(22)20-16(21)23/h3-5,8,13,24H,6-7,9H2,1-2H3,(H,20,22,23). The zero-order valence-electron chi connectivity index (χ0n) is 16.2. The maximum Gasteiger partial charge on any atom is 0.399 e. The number of H-pyrrole nitrogens is 1. The number of aromatic nitrogens is 2. The van der Waals surface area contributed by atoms with Crippen molar-refractivity contribution < 1.29 is 28.2 Å². The molecule has 13 heteroatoms. The molecule has 1 aliphatic rings. The van der Waals surface area contributed by atoms with Gasteiger partial charge in [0.1, 0.15) is 11.1 Å². The number of aryl methyl sites for hydroxylation is 1. The van der Waals surface area contributed by atoms with Crippen LogP contribution in [0.15, 0.2) is 34.0 Å². The highest BCUT2D eigenvalue weighted by Crippen LogP contribution is 2.52. The first-order chi connectivity index (χ1) is 14.2. The van der Waals surface area contributed by atoms with Gasteiger partial charge in [0.05, 0.1) is 13.7 Å². The van der Waals surface area contributed by atoms with E-state index in [0.717, 1.165) is 10.1 Å². The summed E-state index contributed by atoms with van der Waals surface area (Å²) in [5, 5.41) is 10.5. The van der Waals surface area contributed by atoms with E-state index in [1.807, 2.05) is 6.07 Å². The Morgan fingerprint density at radius 1 is 1.43 bits per heavy atom. The summed E-state index contributed by atoms with van der Waals surface area (Å²) in [6.07, 6.45) is 0.172. The van der Waals surface area contributed by atoms with Crippen LogP contribution in [0.5, 0.6) is 11.5 Å². The number of fused-ring (bicyclic) bond motifs is 1. The van der Waals surface area contributed by atoms with Crippen molar-refractivity contribution in [3.8, 4) is 11.5 Å². The number of halogens is 1. The summed E-state index contributed by atoms with van der Waals surface area (Å²) < 4.78 is 28.3. The lowest BCUT2D eigenvalue weighted by Crippen LogP contribution is -2.47. The highest BCUT2D eigenvalue weighted by Gasteiger charge is 2.39. The summed E-state index contributed by atoms with van der Waals surface area (Å²) in [5.74, 6) is 0.932. The number of benzene rings is 1. The topological polar surface area (TPSA) is 121 Å². The Labute approximate surface area is 179 Å². The molecule has 1 aromatic heterocycles. The monoisotopic (exact) mass is 456 g/mol. The molecule has 10 nitrogen and oxygen atoms in total. The Morgan fingerprint density at radius 3 is 2.90 bits per heavy atom. The SMILES string of the molecule is [B]C(O)(OP1OCc2cccc(OC)c2O1)C(CCn1cc(Cl)c(=O)[nH]c1=O)OC. The molecule has 1 aliphatic heterocycles. The van der Waals surface area contributed by atoms with Gasteiger partial charge in [-0.15, -0.1) is 0 Å². The first-order valence-corrected chi connectivity index (χ1v) is 10.2. The maximum absolute atomic E-state index is 11.9. The van der Waals surface area contributed by atoms with Crippen molar-refractivity contribution in [3.63, 3.8) is 0 Å². The molecular weight excluding hydrogens is 437 g/mol. The minimum absolute atomic E-state index is 0.0347. The summed E-state index contributed by atoms with van der Waals surface area (Å²) in [5.41, 5.74) is -2.89. The van der Waals surface area contributed by atoms with Crippen molar-refractivity contribution in [2.75, 3.05) is 14.2 Å². The molecule has 0 bridgehead atoms. The van der Waals surface area contributed by atoms with Gasteiger partial charge in [-0.3, -0.25) is 23.4 Å². The van der Waals surface area contributed by atoms with Crippen molar-refractivity contribution in [2.45, 2.75) is 31.4 Å². The third-order valence-electron chi connectivity index (χ3n) is 4.34. The van der Waals surface area contributed by atoms with Crippen LogP contribution < -0.4 is 20.5 Å². The van der Waals surface area contributed by atoms with Crippen LogP contribution in [0, 0.1) is 0 Å². The Morgan fingerprint density at radius 2 is 2.20 bits per heavy atom. The molecule has 1 aromatic carbocycles. The van der Waals surface area contributed by atoms with Crippen molar-refractivity contribution in [1.82, 2.24) is 9.55 Å². The third kappa shape index (κ3) is 5.05. The average Bonchev–Trinajstić information content (AvgIpc) is 2.71. The van der Waals surface area contributed by atoms with Gasteiger partial charge in [0.15, 0.2) is 25.0 Å². The molecule has 0 spiro atoms. The van der Waals surface area contributed by atoms with Crippen molar-refractivity contribution >= 4 is 28.0 Å². The third-order valence-corrected chi connectivity index (χ3v) is 5.72. The first kappa shape index (κ1) is 22.8. The van der Waals surface area contributed by atoms with Gasteiger partial charge in [0, 0.05) is 25.4 Å². The molecule has 2 radical (unpaired) electrons. The van der Waals surface area contributed by atoms with Gasteiger partial charge >= 0.3 is 14.3 Å². The van der Waals surface area contributed by atoms with E-state index in [1.165, 1.54) is 20.4 Å². The lowest BCUT2D eigenvalue weighted by atomic mass is 9.87. The summed E-state index contributed by atoms with van der Waals surface area (Å²) in [6, 6.07) is 5.32. The minimum atomic E-state index is -2.30. The van der Waals surface area contributed by atoms with Crippen LogP contribution in [-0.4, -0.2) is 48.5 Å². The lowest BCUT2D eigenvalue weighted by molar-refractivity contribution is -0.161. The van der Waals surface area contributed by atoms with E-state index in [9.17, 15) is 14.7 Å². The molecule has 0 fully saturated rings. The Kier molecular flexibility index (Phi) is 7.23. The summed E-state index contributed by atoms with van der Waals surface area (Å²) in [6.45, 7) is 0.213. The fourth-order valence-electron chi connectivity index (χ4n) is 2.78. The van der Waals surface area contributed by atoms with Gasteiger partial charge in [-0.25, -0.2) is 4.79 Å². The smallest absolute Gasteiger partial charge is 0.399 e. The number of para-hydroxylation sites is 1. The van der Waals surface area contributed by atoms with E-state index in [4.69, 9.17) is 42.5 Å². The summed E-state index contributed by atoms with van der Waals surface area (Å²) in [7, 11) is 6.68. The minimum Gasteiger partial charge on any atom is -0.493 e. The molecule has 160 valence electrons. The quantitative estimate of drug-likeness (QED) is 0.346. The number of aromatic amines is 1. The van der Waals surface area contributed by atoms with Gasteiger partial charge in [0.2, 0.25) is 0 Å². The zero-order valence-corrected chi connectivity index (χ0v) is 17.8. The van der Waals surface area contributed by atoms with Gasteiger partial charge in [0.25, 0.3) is 5.56 Å². The molecule has 3 rings (SSSR count). The Hall–Kier alpha value is -1.88. The van der Waals surface area contributed by atoms with Crippen LogP contribution in [0.25, 0.3) is 0 Å². The van der Waals surface area contributed by atoms with Crippen molar-refractivity contribution in [3.05, 3.63) is 55.8 Å². The molecule has 2 aromatic rings. The maximum atomic E-state index is 11.9. The van der Waals surface area contributed by atoms with Gasteiger partial charge < -0.3 is 19.1 Å². The number of aliphatic hydroxyl groups is 1. The van der Waals surface area contributed by atoms with Crippen molar-refractivity contribution in [2.24, 2.45) is 0 Å². The van der Waals surface area contributed by atoms with E-state index in [1.54, 1.807) is 12.1 Å². The van der Waals surface area contributed by atoms with E-state index < -0.39 is 31.6 Å². The predicted octanol–water partition coefficient (Wildman–Crippen LogP) is 1.27. The molecule has 2 N–H and O–H groups in total. The van der Waals surface area contributed by atoms with Gasteiger partial charge in [-0.2, -0.15) is 0 Å². The van der Waals surface area contributed by atoms with Crippen LogP contribution >= 0.6 is 20.2 Å². The number of hydrogen-bond acceptors (Lipinski definition) is 8. The van der Waals surface area contributed by atoms with Crippen LogP contribution in [0.1, 0.15) is 12.0 Å². The van der Waals surface area contributed by atoms with Crippen molar-refractivity contribution in [1.29, 1.82) is 0 Å².